The van der Waals surface area contributed by atoms with E-state index in [1.807, 2.05) is 0 Å². The second-order valence-electron chi connectivity index (χ2n) is 6.82. The molecule has 3 heterocycles. The molecule has 0 fully saturated rings. The molecule has 0 unspecified atom stereocenters. The number of hydrogen-bond acceptors (Lipinski definition) is 7. The third kappa shape index (κ3) is 4.60. The van der Waals surface area contributed by atoms with Gasteiger partial charge in [0.15, 0.2) is 0 Å². The van der Waals surface area contributed by atoms with Gasteiger partial charge in [0, 0.05) is 32.4 Å². The normalized spacial score (nSPS) is 11.1. The molecule has 2 amide bonds. The Bertz CT molecular complexity index is 1180. The van der Waals surface area contributed by atoms with Crippen LogP contribution in [0.25, 0.3) is 0 Å². The Kier molecular flexibility index (Phi) is 6.27. The number of amides is 2. The summed E-state index contributed by atoms with van der Waals surface area (Å²) in [5, 5.41) is 27.7. The molecule has 32 heavy (non-hydrogen) atoms. The van der Waals surface area contributed by atoms with Gasteiger partial charge in [-0.1, -0.05) is 0 Å². The van der Waals surface area contributed by atoms with Gasteiger partial charge in [-0.15, -0.1) is 0 Å². The molecular formula is C17H19F2N9O4. The Hall–Kier alpha value is -4.17. The number of halogens is 2. The molecule has 3 aromatic heterocycles. The maximum absolute atomic E-state index is 13.1. The average Bonchev–Trinajstić information content (AvgIpc) is 3.38. The van der Waals surface area contributed by atoms with Crippen LogP contribution in [0.2, 0.25) is 0 Å². The highest BCUT2D eigenvalue weighted by atomic mass is 19.3. The average molecular weight is 451 g/mol. The third-order valence-electron chi connectivity index (χ3n) is 4.52. The number of carbonyl (C=O) groups excluding carboxylic acids is 2. The van der Waals surface area contributed by atoms with Crippen LogP contribution in [0.1, 0.15) is 33.9 Å². The molecule has 2 N–H and O–H groups in total. The SMILES string of the molecule is Cc1c([N+](=O)[O-])c(C(F)F)nn1CC(=O)Nc1cnn(C)c1C(=O)NCc1cnn(C)c1. The van der Waals surface area contributed by atoms with Gasteiger partial charge in [-0.05, 0) is 6.92 Å². The van der Waals surface area contributed by atoms with Crippen molar-refractivity contribution in [1.29, 1.82) is 0 Å². The fraction of sp³-hybridized carbons (Fsp3) is 0.353. The molecule has 0 radical (unpaired) electrons. The smallest absolute Gasteiger partial charge is 0.319 e. The van der Waals surface area contributed by atoms with Crippen molar-refractivity contribution in [2.24, 2.45) is 14.1 Å². The summed E-state index contributed by atoms with van der Waals surface area (Å²) in [4.78, 5) is 35.2. The van der Waals surface area contributed by atoms with E-state index < -0.39 is 41.1 Å². The summed E-state index contributed by atoms with van der Waals surface area (Å²) < 4.78 is 29.8. The van der Waals surface area contributed by atoms with Crippen LogP contribution in [0.15, 0.2) is 18.6 Å². The highest BCUT2D eigenvalue weighted by Crippen LogP contribution is 2.30. The second-order valence-corrected chi connectivity index (χ2v) is 6.82. The number of nitrogens with zero attached hydrogens (tertiary/aromatic N) is 7. The van der Waals surface area contributed by atoms with Gasteiger partial charge in [-0.25, -0.2) is 8.78 Å². The monoisotopic (exact) mass is 451 g/mol. The summed E-state index contributed by atoms with van der Waals surface area (Å²) in [6, 6.07) is 0. The molecule has 3 aromatic rings. The first-order valence-corrected chi connectivity index (χ1v) is 9.15. The summed E-state index contributed by atoms with van der Waals surface area (Å²) in [5.41, 5.74) is -1.16. The summed E-state index contributed by atoms with van der Waals surface area (Å²) >= 11 is 0. The number of nitrogens with one attached hydrogen (secondary N) is 2. The van der Waals surface area contributed by atoms with E-state index in [1.165, 1.54) is 24.9 Å². The van der Waals surface area contributed by atoms with Gasteiger partial charge in [0.05, 0.1) is 23.0 Å². The zero-order chi connectivity index (χ0) is 23.6. The molecule has 0 atom stereocenters. The zero-order valence-corrected chi connectivity index (χ0v) is 17.2. The Morgan fingerprint density at radius 1 is 1.25 bits per heavy atom. The predicted octanol–water partition coefficient (Wildman–Crippen LogP) is 1.07. The van der Waals surface area contributed by atoms with Crippen LogP contribution in [-0.2, 0) is 32.0 Å². The predicted molar refractivity (Wildman–Crippen MR) is 105 cm³/mol. The molecule has 15 heteroatoms. The van der Waals surface area contributed by atoms with E-state index >= 15 is 0 Å². The number of aryl methyl sites for hydroxylation is 2. The number of alkyl halides is 2. The van der Waals surface area contributed by atoms with Gasteiger partial charge >= 0.3 is 5.69 Å². The quantitative estimate of drug-likeness (QED) is 0.383. The summed E-state index contributed by atoms with van der Waals surface area (Å²) in [7, 11) is 3.24. The lowest BCUT2D eigenvalue weighted by Crippen LogP contribution is -2.27. The summed E-state index contributed by atoms with van der Waals surface area (Å²) in [5.74, 6) is -1.25. The summed E-state index contributed by atoms with van der Waals surface area (Å²) in [6.07, 6.45) is 1.39. The molecule has 0 saturated heterocycles. The highest BCUT2D eigenvalue weighted by molar-refractivity contribution is 6.02. The van der Waals surface area contributed by atoms with E-state index in [9.17, 15) is 28.5 Å². The lowest BCUT2D eigenvalue weighted by atomic mass is 10.3. The van der Waals surface area contributed by atoms with Gasteiger partial charge in [0.2, 0.25) is 11.6 Å². The third-order valence-corrected chi connectivity index (χ3v) is 4.52. The van der Waals surface area contributed by atoms with Crippen molar-refractivity contribution in [3.63, 3.8) is 0 Å². The fourth-order valence-corrected chi connectivity index (χ4v) is 3.04. The lowest BCUT2D eigenvalue weighted by Gasteiger charge is -2.09. The highest BCUT2D eigenvalue weighted by Gasteiger charge is 2.31. The van der Waals surface area contributed by atoms with Crippen molar-refractivity contribution in [2.75, 3.05) is 5.32 Å². The van der Waals surface area contributed by atoms with E-state index in [1.54, 1.807) is 24.1 Å². The molecule has 0 aliphatic carbocycles. The van der Waals surface area contributed by atoms with E-state index in [4.69, 9.17) is 0 Å². The first kappa shape index (κ1) is 22.5. The molecule has 170 valence electrons. The molecule has 0 bridgehead atoms. The standard InChI is InChI=1S/C17H19F2N9O4/c1-9-14(28(31)32)13(16(18)19)24-27(9)8-12(29)23-11-6-22-26(3)15(11)17(30)20-4-10-5-21-25(2)7-10/h5-7,16H,4,8H2,1-3H3,(H,20,30)(H,23,29). The molecular weight excluding hydrogens is 432 g/mol. The Morgan fingerprint density at radius 3 is 2.53 bits per heavy atom. The first-order chi connectivity index (χ1) is 15.1. The maximum atomic E-state index is 13.1. The molecule has 13 nitrogen and oxygen atoms in total. The van der Waals surface area contributed by atoms with Gasteiger partial charge in [0.25, 0.3) is 12.3 Å². The zero-order valence-electron chi connectivity index (χ0n) is 17.2. The first-order valence-electron chi connectivity index (χ1n) is 9.15. The van der Waals surface area contributed by atoms with E-state index in [0.717, 1.165) is 10.2 Å². The Morgan fingerprint density at radius 2 is 1.97 bits per heavy atom. The van der Waals surface area contributed by atoms with Gasteiger partial charge in [-0.2, -0.15) is 15.3 Å². The molecule has 3 rings (SSSR count). The summed E-state index contributed by atoms with van der Waals surface area (Å²) in [6.45, 7) is 0.828. The Labute approximate surface area is 179 Å². The number of hydrogen-bond donors (Lipinski definition) is 2. The molecule has 0 saturated carbocycles. The van der Waals surface area contributed by atoms with Crippen molar-refractivity contribution in [3.8, 4) is 0 Å². The van der Waals surface area contributed by atoms with Crippen LogP contribution < -0.4 is 10.6 Å². The fourth-order valence-electron chi connectivity index (χ4n) is 3.04. The van der Waals surface area contributed by atoms with Crippen molar-refractivity contribution in [1.82, 2.24) is 34.7 Å². The number of rotatable bonds is 8. The van der Waals surface area contributed by atoms with E-state index in [0.29, 0.717) is 0 Å². The number of aromatic nitrogens is 6. The van der Waals surface area contributed by atoms with Crippen LogP contribution >= 0.6 is 0 Å². The molecule has 0 aliphatic rings. The van der Waals surface area contributed by atoms with Crippen LogP contribution in [0.4, 0.5) is 20.2 Å². The maximum Gasteiger partial charge on any atom is 0.319 e. The van der Waals surface area contributed by atoms with Crippen molar-refractivity contribution in [3.05, 3.63) is 51.4 Å². The van der Waals surface area contributed by atoms with Crippen molar-refractivity contribution in [2.45, 2.75) is 26.4 Å². The number of carbonyl (C=O) groups is 2. The van der Waals surface area contributed by atoms with E-state index in [2.05, 4.69) is 25.9 Å². The minimum atomic E-state index is -3.17. The van der Waals surface area contributed by atoms with Crippen LogP contribution in [0.5, 0.6) is 0 Å². The van der Waals surface area contributed by atoms with Gasteiger partial charge in [-0.3, -0.25) is 33.7 Å². The molecule has 0 spiro atoms. The van der Waals surface area contributed by atoms with Gasteiger partial charge < -0.3 is 10.6 Å². The lowest BCUT2D eigenvalue weighted by molar-refractivity contribution is -0.386. The largest absolute Gasteiger partial charge is 0.346 e. The molecule has 0 aliphatic heterocycles. The van der Waals surface area contributed by atoms with Crippen LogP contribution in [0, 0.1) is 17.0 Å². The van der Waals surface area contributed by atoms with Crippen LogP contribution in [-0.4, -0.2) is 46.1 Å². The van der Waals surface area contributed by atoms with Crippen LogP contribution in [0.3, 0.4) is 0 Å². The Balaban J connectivity index is 1.73. The minimum absolute atomic E-state index is 0.0543. The topological polar surface area (TPSA) is 155 Å². The van der Waals surface area contributed by atoms with E-state index in [-0.39, 0.29) is 23.6 Å². The van der Waals surface area contributed by atoms with Crippen molar-refractivity contribution >= 4 is 23.2 Å². The second kappa shape index (κ2) is 8.91. The van der Waals surface area contributed by atoms with Crippen molar-refractivity contribution < 1.29 is 23.3 Å². The number of anilines is 1. The minimum Gasteiger partial charge on any atom is -0.346 e. The van der Waals surface area contributed by atoms with Gasteiger partial charge in [0.1, 0.15) is 17.9 Å². The molecule has 0 aromatic carbocycles. The number of nitro groups is 1.